The molecule has 0 aliphatic heterocycles. The number of benzene rings is 2. The highest BCUT2D eigenvalue weighted by atomic mass is 79.9. The average molecular weight is 382 g/mol. The number of carbonyl (C=O) groups excluding carboxylic acids is 1. The van der Waals surface area contributed by atoms with Gasteiger partial charge in [0.25, 0.3) is 0 Å². The highest BCUT2D eigenvalue weighted by Gasteiger charge is 2.21. The molecule has 0 aliphatic rings. The van der Waals surface area contributed by atoms with E-state index in [9.17, 15) is 4.79 Å². The summed E-state index contributed by atoms with van der Waals surface area (Å²) in [7, 11) is 0. The smallest absolute Gasteiger partial charge is 0.177 e. The molecule has 2 aromatic rings. The molecule has 0 spiro atoms. The summed E-state index contributed by atoms with van der Waals surface area (Å²) < 4.78 is 0. The summed E-state index contributed by atoms with van der Waals surface area (Å²) in [6.07, 6.45) is 0. The Morgan fingerprint density at radius 2 is 1.42 bits per heavy atom. The van der Waals surface area contributed by atoms with Crippen LogP contribution in [0.1, 0.15) is 17.3 Å². The van der Waals surface area contributed by atoms with Crippen molar-refractivity contribution >= 4 is 37.6 Å². The first kappa shape index (κ1) is 14.5. The monoisotopic (exact) mass is 380 g/mol. The van der Waals surface area contributed by atoms with E-state index in [2.05, 4.69) is 44.0 Å². The van der Waals surface area contributed by atoms with Crippen molar-refractivity contribution < 1.29 is 4.79 Å². The maximum Gasteiger partial charge on any atom is 0.177 e. The van der Waals surface area contributed by atoms with E-state index in [4.69, 9.17) is 0 Å². The molecule has 0 aromatic heterocycles. The molecule has 0 saturated heterocycles. The minimum absolute atomic E-state index is 0.101. The molecular weight excluding hydrogens is 368 g/mol. The van der Waals surface area contributed by atoms with Gasteiger partial charge in [-0.15, -0.1) is 0 Å². The van der Waals surface area contributed by atoms with Crippen LogP contribution in [-0.4, -0.2) is 15.4 Å². The van der Waals surface area contributed by atoms with E-state index in [-0.39, 0.29) is 15.4 Å². The fourth-order valence-corrected chi connectivity index (χ4v) is 2.33. The third-order valence-electron chi connectivity index (χ3n) is 2.93. The first-order valence-electron chi connectivity index (χ1n) is 6.07. The number of hydrogen-bond acceptors (Lipinski definition) is 1. The SMILES string of the molecule is CC(Br)C(Br)C(=O)c1ccc(-c2ccccc2)cc1. The largest absolute Gasteiger partial charge is 0.293 e. The van der Waals surface area contributed by atoms with Crippen molar-refractivity contribution in [2.75, 3.05) is 0 Å². The zero-order valence-corrected chi connectivity index (χ0v) is 13.7. The molecule has 19 heavy (non-hydrogen) atoms. The second kappa shape index (κ2) is 6.49. The number of Topliss-reactive ketones (excluding diaryl/α,β-unsaturated/α-hetero) is 1. The molecule has 0 aliphatic carbocycles. The summed E-state index contributed by atoms with van der Waals surface area (Å²) in [4.78, 5) is 12.1. The molecule has 98 valence electrons. The first-order valence-corrected chi connectivity index (χ1v) is 7.90. The van der Waals surface area contributed by atoms with E-state index < -0.39 is 0 Å². The maximum atomic E-state index is 12.2. The summed E-state index contributed by atoms with van der Waals surface area (Å²) in [5.74, 6) is 0.101. The zero-order valence-electron chi connectivity index (χ0n) is 10.5. The number of hydrogen-bond donors (Lipinski definition) is 0. The van der Waals surface area contributed by atoms with Crippen LogP contribution in [0.2, 0.25) is 0 Å². The molecule has 2 unspecified atom stereocenters. The predicted octanol–water partition coefficient (Wildman–Crippen LogP) is 5.08. The highest BCUT2D eigenvalue weighted by Crippen LogP contribution is 2.22. The molecular formula is C16H14Br2O. The molecule has 2 atom stereocenters. The van der Waals surface area contributed by atoms with Gasteiger partial charge in [-0.3, -0.25) is 4.79 Å². The van der Waals surface area contributed by atoms with E-state index in [0.29, 0.717) is 0 Å². The molecule has 3 heteroatoms. The lowest BCUT2D eigenvalue weighted by atomic mass is 10.0. The zero-order chi connectivity index (χ0) is 13.8. The fourth-order valence-electron chi connectivity index (χ4n) is 1.83. The first-order chi connectivity index (χ1) is 9.09. The molecule has 0 N–H and O–H groups in total. The van der Waals surface area contributed by atoms with Crippen molar-refractivity contribution in [2.24, 2.45) is 0 Å². The Labute approximate surface area is 130 Å². The average Bonchev–Trinajstić information content (AvgIpc) is 2.46. The summed E-state index contributed by atoms with van der Waals surface area (Å²) in [6, 6.07) is 17.9. The van der Waals surface area contributed by atoms with Gasteiger partial charge in [0.15, 0.2) is 5.78 Å². The van der Waals surface area contributed by atoms with Crippen LogP contribution >= 0.6 is 31.9 Å². The third-order valence-corrected chi connectivity index (χ3v) is 5.38. The van der Waals surface area contributed by atoms with E-state index in [0.717, 1.165) is 16.7 Å². The summed E-state index contributed by atoms with van der Waals surface area (Å²) in [5.41, 5.74) is 3.01. The molecule has 2 rings (SSSR count). The molecule has 0 heterocycles. The molecule has 0 fully saturated rings. The number of carbonyl (C=O) groups is 1. The van der Waals surface area contributed by atoms with Gasteiger partial charge < -0.3 is 0 Å². The van der Waals surface area contributed by atoms with Crippen LogP contribution in [0.4, 0.5) is 0 Å². The predicted molar refractivity (Wildman–Crippen MR) is 87.3 cm³/mol. The molecule has 0 saturated carbocycles. The summed E-state index contributed by atoms with van der Waals surface area (Å²) >= 11 is 6.83. The van der Waals surface area contributed by atoms with Crippen molar-refractivity contribution in [2.45, 2.75) is 16.6 Å². The van der Waals surface area contributed by atoms with Crippen LogP contribution < -0.4 is 0 Å². The van der Waals surface area contributed by atoms with Gasteiger partial charge in [0, 0.05) is 10.4 Å². The third kappa shape index (κ3) is 3.54. The van der Waals surface area contributed by atoms with Crippen molar-refractivity contribution in [1.82, 2.24) is 0 Å². The van der Waals surface area contributed by atoms with Crippen molar-refractivity contribution in [3.63, 3.8) is 0 Å². The van der Waals surface area contributed by atoms with Gasteiger partial charge in [-0.25, -0.2) is 0 Å². The summed E-state index contributed by atoms with van der Waals surface area (Å²) in [6.45, 7) is 1.95. The minimum Gasteiger partial charge on any atom is -0.293 e. The van der Waals surface area contributed by atoms with Gasteiger partial charge in [0.05, 0.1) is 4.83 Å². The van der Waals surface area contributed by atoms with Gasteiger partial charge in [0.1, 0.15) is 0 Å². The molecule has 0 bridgehead atoms. The van der Waals surface area contributed by atoms with Gasteiger partial charge in [-0.05, 0) is 11.1 Å². The molecule has 1 nitrogen and oxygen atoms in total. The van der Waals surface area contributed by atoms with Crippen LogP contribution in [0, 0.1) is 0 Å². The number of halogens is 2. The lowest BCUT2D eigenvalue weighted by Gasteiger charge is -2.11. The van der Waals surface area contributed by atoms with Crippen molar-refractivity contribution in [3.05, 3.63) is 60.2 Å². The number of ketones is 1. The lowest BCUT2D eigenvalue weighted by Crippen LogP contribution is -2.21. The Morgan fingerprint density at radius 3 is 1.95 bits per heavy atom. The number of rotatable bonds is 4. The van der Waals surface area contributed by atoms with Gasteiger partial charge in [-0.2, -0.15) is 0 Å². The second-order valence-electron chi connectivity index (χ2n) is 4.39. The molecule has 0 radical (unpaired) electrons. The van der Waals surface area contributed by atoms with Crippen LogP contribution in [0.3, 0.4) is 0 Å². The van der Waals surface area contributed by atoms with Crippen LogP contribution in [0.15, 0.2) is 54.6 Å². The van der Waals surface area contributed by atoms with Crippen LogP contribution in [0.25, 0.3) is 11.1 Å². The second-order valence-corrected chi connectivity index (χ2v) is 6.82. The van der Waals surface area contributed by atoms with Crippen LogP contribution in [-0.2, 0) is 0 Å². The Bertz CT molecular complexity index is 547. The van der Waals surface area contributed by atoms with E-state index >= 15 is 0 Å². The summed E-state index contributed by atoms with van der Waals surface area (Å²) in [5, 5.41) is 0. The topological polar surface area (TPSA) is 17.1 Å². The Balaban J connectivity index is 2.22. The van der Waals surface area contributed by atoms with Crippen molar-refractivity contribution in [3.8, 4) is 11.1 Å². The van der Waals surface area contributed by atoms with Crippen LogP contribution in [0.5, 0.6) is 0 Å². The maximum absolute atomic E-state index is 12.2. The van der Waals surface area contributed by atoms with Crippen molar-refractivity contribution in [1.29, 1.82) is 0 Å². The molecule has 0 amide bonds. The van der Waals surface area contributed by atoms with E-state index in [1.54, 1.807) is 0 Å². The molecule has 2 aromatic carbocycles. The number of alkyl halides is 2. The Morgan fingerprint density at radius 1 is 0.895 bits per heavy atom. The van der Waals surface area contributed by atoms with E-state index in [1.807, 2.05) is 49.4 Å². The highest BCUT2D eigenvalue weighted by molar-refractivity contribution is 9.12. The van der Waals surface area contributed by atoms with Gasteiger partial charge >= 0.3 is 0 Å². The lowest BCUT2D eigenvalue weighted by molar-refractivity contribution is 0.0992. The normalized spacial score (nSPS) is 13.8. The Kier molecular flexibility index (Phi) is 4.94. The minimum atomic E-state index is -0.199. The Hall–Kier alpha value is -0.930. The van der Waals surface area contributed by atoms with Gasteiger partial charge in [-0.1, -0.05) is 93.4 Å². The van der Waals surface area contributed by atoms with E-state index in [1.165, 1.54) is 0 Å². The quantitative estimate of drug-likeness (QED) is 0.532. The fraction of sp³-hybridized carbons (Fsp3) is 0.188. The standard InChI is InChI=1S/C16H14Br2O/c1-11(17)15(18)16(19)14-9-7-13(8-10-14)12-5-3-2-4-6-12/h2-11,15H,1H3. The van der Waals surface area contributed by atoms with Gasteiger partial charge in [0.2, 0.25) is 0 Å².